The van der Waals surface area contributed by atoms with Gasteiger partial charge < -0.3 is 9.84 Å². The summed E-state index contributed by atoms with van der Waals surface area (Å²) in [4.78, 5) is 11.8. The third-order valence-electron chi connectivity index (χ3n) is 8.84. The van der Waals surface area contributed by atoms with E-state index < -0.39 is 0 Å². The van der Waals surface area contributed by atoms with E-state index in [2.05, 4.69) is 19.9 Å². The van der Waals surface area contributed by atoms with Crippen LogP contribution in [0.4, 0.5) is 0 Å². The summed E-state index contributed by atoms with van der Waals surface area (Å²) < 4.78 is 5.80. The van der Waals surface area contributed by atoms with Gasteiger partial charge in [0, 0.05) is 11.3 Å². The van der Waals surface area contributed by atoms with Crippen LogP contribution in [0, 0.1) is 34.5 Å². The fourth-order valence-corrected chi connectivity index (χ4v) is 7.60. The predicted molar refractivity (Wildman–Crippen MR) is 91.1 cm³/mol. The van der Waals surface area contributed by atoms with Crippen LogP contribution in [0.1, 0.15) is 65.2 Å². The lowest BCUT2D eigenvalue weighted by Gasteiger charge is -2.57. The molecule has 4 aliphatic carbocycles. The predicted octanol–water partition coefficient (Wildman–Crippen LogP) is 3.85. The molecular weight excluding hydrogens is 300 g/mol. The van der Waals surface area contributed by atoms with Crippen molar-refractivity contribution < 1.29 is 14.6 Å². The van der Waals surface area contributed by atoms with Gasteiger partial charge in [-0.3, -0.25) is 4.79 Å². The van der Waals surface area contributed by atoms with Crippen LogP contribution in [-0.4, -0.2) is 23.3 Å². The minimum atomic E-state index is -0.125. The molecule has 0 radical (unpaired) electrons. The van der Waals surface area contributed by atoms with Crippen molar-refractivity contribution in [1.29, 1.82) is 0 Å². The van der Waals surface area contributed by atoms with Crippen molar-refractivity contribution >= 4 is 5.97 Å². The Morgan fingerprint density at radius 1 is 1.17 bits per heavy atom. The Kier molecular flexibility index (Phi) is 3.13. The molecule has 5 aliphatic rings. The van der Waals surface area contributed by atoms with Crippen molar-refractivity contribution in [3.63, 3.8) is 0 Å². The van der Waals surface area contributed by atoms with Gasteiger partial charge in [-0.15, -0.1) is 0 Å². The fourth-order valence-electron chi connectivity index (χ4n) is 7.60. The molecule has 1 aliphatic heterocycles. The summed E-state index contributed by atoms with van der Waals surface area (Å²) in [6.45, 7) is 4.88. The maximum Gasteiger partial charge on any atom is 0.306 e. The fraction of sp³-hybridized carbons (Fsp3) is 0.857. The Balaban J connectivity index is 1.48. The monoisotopic (exact) mass is 330 g/mol. The summed E-state index contributed by atoms with van der Waals surface area (Å²) in [5.74, 6) is 2.72. The SMILES string of the molecule is C[C@]12CC[C@H]3[C@@H](CC=C4C[C@@H](O)CC[C@@]43C)[C@@H]1C[C@H]1CC(=O)O[C@@H]12. The van der Waals surface area contributed by atoms with Crippen molar-refractivity contribution in [2.45, 2.75) is 77.4 Å². The number of esters is 1. The van der Waals surface area contributed by atoms with Crippen molar-refractivity contribution in [2.24, 2.45) is 34.5 Å². The zero-order valence-corrected chi connectivity index (χ0v) is 15.0. The standard InChI is InChI=1S/C21H30O3/c1-20-7-5-14(22)11-13(20)3-4-15-16(20)6-8-21(2)17(15)9-12-10-18(23)24-19(12)21/h3,12,14-17,19,22H,4-11H2,1-2H3/t12-,14-,15+,16-,17-,19-,20-,21-/m0/s1. The molecule has 5 rings (SSSR count). The van der Waals surface area contributed by atoms with Crippen LogP contribution in [-0.2, 0) is 9.53 Å². The maximum absolute atomic E-state index is 11.8. The first kappa shape index (κ1) is 15.4. The van der Waals surface area contributed by atoms with Crippen LogP contribution < -0.4 is 0 Å². The van der Waals surface area contributed by atoms with E-state index in [-0.39, 0.29) is 23.6 Å². The zero-order valence-electron chi connectivity index (χ0n) is 15.0. The highest BCUT2D eigenvalue weighted by Gasteiger charge is 2.63. The molecule has 24 heavy (non-hydrogen) atoms. The van der Waals surface area contributed by atoms with Gasteiger partial charge in [0.2, 0.25) is 0 Å². The van der Waals surface area contributed by atoms with E-state index in [1.54, 1.807) is 0 Å². The number of carbonyl (C=O) groups is 1. The molecule has 0 amide bonds. The smallest absolute Gasteiger partial charge is 0.306 e. The van der Waals surface area contributed by atoms with Gasteiger partial charge in [0.15, 0.2) is 0 Å². The van der Waals surface area contributed by atoms with Gasteiger partial charge in [0.05, 0.1) is 12.5 Å². The maximum atomic E-state index is 11.8. The first-order chi connectivity index (χ1) is 11.4. The summed E-state index contributed by atoms with van der Waals surface area (Å²) in [6, 6.07) is 0. The summed E-state index contributed by atoms with van der Waals surface area (Å²) in [5, 5.41) is 10.1. The molecule has 1 heterocycles. The van der Waals surface area contributed by atoms with Crippen molar-refractivity contribution in [2.75, 3.05) is 0 Å². The van der Waals surface area contributed by atoms with Gasteiger partial charge in [-0.05, 0) is 68.1 Å². The Morgan fingerprint density at radius 3 is 2.83 bits per heavy atom. The largest absolute Gasteiger partial charge is 0.461 e. The second-order valence-corrected chi connectivity index (χ2v) is 9.81. The first-order valence-corrected chi connectivity index (χ1v) is 9.99. The normalized spacial score (nSPS) is 55.8. The zero-order chi connectivity index (χ0) is 16.7. The van der Waals surface area contributed by atoms with Crippen LogP contribution in [0.5, 0.6) is 0 Å². The van der Waals surface area contributed by atoms with Crippen molar-refractivity contribution in [3.05, 3.63) is 11.6 Å². The van der Waals surface area contributed by atoms with Gasteiger partial charge in [0.25, 0.3) is 0 Å². The summed E-state index contributed by atoms with van der Waals surface area (Å²) in [6.07, 6.45) is 11.0. The summed E-state index contributed by atoms with van der Waals surface area (Å²) in [5.41, 5.74) is 2.04. The van der Waals surface area contributed by atoms with Gasteiger partial charge >= 0.3 is 5.97 Å². The van der Waals surface area contributed by atoms with E-state index in [4.69, 9.17) is 4.74 Å². The molecule has 4 fully saturated rings. The second-order valence-electron chi connectivity index (χ2n) is 9.81. The van der Waals surface area contributed by atoms with Crippen LogP contribution >= 0.6 is 0 Å². The Hall–Kier alpha value is -0.830. The molecule has 3 saturated carbocycles. The summed E-state index contributed by atoms with van der Waals surface area (Å²) >= 11 is 0. The van der Waals surface area contributed by atoms with Crippen LogP contribution in [0.25, 0.3) is 0 Å². The van der Waals surface area contributed by atoms with E-state index in [1.165, 1.54) is 31.3 Å². The number of aliphatic hydroxyl groups excluding tert-OH is 1. The molecule has 0 aromatic carbocycles. The van der Waals surface area contributed by atoms with E-state index in [0.29, 0.717) is 23.7 Å². The van der Waals surface area contributed by atoms with Crippen LogP contribution in [0.3, 0.4) is 0 Å². The van der Waals surface area contributed by atoms with E-state index >= 15 is 0 Å². The molecule has 0 bridgehead atoms. The Bertz CT molecular complexity index is 610. The molecular formula is C21H30O3. The molecule has 132 valence electrons. The highest BCUT2D eigenvalue weighted by Crippen LogP contribution is 2.67. The molecule has 0 spiro atoms. The van der Waals surface area contributed by atoms with Gasteiger partial charge in [-0.1, -0.05) is 25.5 Å². The molecule has 0 aromatic rings. The van der Waals surface area contributed by atoms with Gasteiger partial charge in [0.1, 0.15) is 6.10 Å². The number of hydrogen-bond acceptors (Lipinski definition) is 3. The lowest BCUT2D eigenvalue weighted by molar-refractivity contribution is -0.151. The molecule has 3 nitrogen and oxygen atoms in total. The number of allylic oxidation sites excluding steroid dienone is 1. The average Bonchev–Trinajstić information content (AvgIpc) is 3.03. The molecule has 1 N–H and O–H groups in total. The number of carbonyl (C=O) groups excluding carboxylic acids is 1. The molecule has 0 aromatic heterocycles. The van der Waals surface area contributed by atoms with Gasteiger partial charge in [-0.25, -0.2) is 0 Å². The molecule has 3 heteroatoms. The van der Waals surface area contributed by atoms with Crippen molar-refractivity contribution in [3.8, 4) is 0 Å². The van der Waals surface area contributed by atoms with E-state index in [1.807, 2.05) is 0 Å². The quantitative estimate of drug-likeness (QED) is 0.542. The number of aliphatic hydroxyl groups is 1. The highest BCUT2D eigenvalue weighted by molar-refractivity contribution is 5.72. The number of rotatable bonds is 0. The summed E-state index contributed by atoms with van der Waals surface area (Å²) in [7, 11) is 0. The molecule has 1 saturated heterocycles. The first-order valence-electron chi connectivity index (χ1n) is 9.99. The average molecular weight is 330 g/mol. The lowest BCUT2D eigenvalue weighted by atomic mass is 9.48. The minimum absolute atomic E-state index is 0.0332. The minimum Gasteiger partial charge on any atom is -0.461 e. The second kappa shape index (κ2) is 4.87. The number of hydrogen-bond donors (Lipinski definition) is 1. The van der Waals surface area contributed by atoms with Crippen LogP contribution in [0.2, 0.25) is 0 Å². The Labute approximate surface area is 144 Å². The highest BCUT2D eigenvalue weighted by atomic mass is 16.6. The van der Waals surface area contributed by atoms with Gasteiger partial charge in [-0.2, -0.15) is 0 Å². The van der Waals surface area contributed by atoms with Crippen molar-refractivity contribution in [1.82, 2.24) is 0 Å². The third-order valence-corrected chi connectivity index (χ3v) is 8.84. The molecule has 8 atom stereocenters. The van der Waals surface area contributed by atoms with E-state index in [9.17, 15) is 9.90 Å². The van der Waals surface area contributed by atoms with Crippen LogP contribution in [0.15, 0.2) is 11.6 Å². The topological polar surface area (TPSA) is 46.5 Å². The number of fused-ring (bicyclic) bond motifs is 7. The lowest BCUT2D eigenvalue weighted by Crippen LogP contribution is -2.51. The molecule has 0 unspecified atom stereocenters. The van der Waals surface area contributed by atoms with E-state index in [0.717, 1.165) is 31.1 Å². The number of ether oxygens (including phenoxy) is 1. The third kappa shape index (κ3) is 1.85. The Morgan fingerprint density at radius 2 is 2.00 bits per heavy atom.